The summed E-state index contributed by atoms with van der Waals surface area (Å²) < 4.78 is 5.73. The zero-order valence-corrected chi connectivity index (χ0v) is 11.2. The van der Waals surface area contributed by atoms with E-state index in [0.29, 0.717) is 12.4 Å². The molecule has 2 aromatic rings. The number of pyridine rings is 1. The minimum Gasteiger partial charge on any atom is -0.439 e. The Balaban J connectivity index is 2.25. The summed E-state index contributed by atoms with van der Waals surface area (Å²) in [7, 11) is 0. The average Bonchev–Trinajstić information content (AvgIpc) is 2.36. The van der Waals surface area contributed by atoms with Crippen LogP contribution in [0.4, 0.5) is 0 Å². The lowest BCUT2D eigenvalue weighted by Crippen LogP contribution is -1.99. The highest BCUT2D eigenvalue weighted by atomic mass is 35.5. The molecule has 1 heterocycles. The summed E-state index contributed by atoms with van der Waals surface area (Å²) in [5, 5.41) is 0.727. The van der Waals surface area contributed by atoms with Gasteiger partial charge in [0.15, 0.2) is 0 Å². The Hall–Kier alpha value is -1.58. The van der Waals surface area contributed by atoms with Crippen LogP contribution in [0, 0.1) is 13.8 Å². The molecule has 0 aliphatic heterocycles. The Morgan fingerprint density at radius 2 is 2.00 bits per heavy atom. The molecule has 0 atom stereocenters. The van der Waals surface area contributed by atoms with Crippen molar-refractivity contribution in [2.45, 2.75) is 20.4 Å². The van der Waals surface area contributed by atoms with Crippen molar-refractivity contribution in [2.24, 2.45) is 5.73 Å². The van der Waals surface area contributed by atoms with Gasteiger partial charge in [-0.15, -0.1) is 0 Å². The van der Waals surface area contributed by atoms with Crippen LogP contribution in [0.5, 0.6) is 11.6 Å². The van der Waals surface area contributed by atoms with Crippen molar-refractivity contribution in [3.63, 3.8) is 0 Å². The van der Waals surface area contributed by atoms with Gasteiger partial charge in [0.2, 0.25) is 5.88 Å². The number of hydrogen-bond donors (Lipinski definition) is 1. The maximum absolute atomic E-state index is 5.97. The van der Waals surface area contributed by atoms with Gasteiger partial charge in [0.05, 0.1) is 0 Å². The van der Waals surface area contributed by atoms with Gasteiger partial charge in [-0.3, -0.25) is 0 Å². The van der Waals surface area contributed by atoms with Crippen LogP contribution < -0.4 is 10.5 Å². The first kappa shape index (κ1) is 12.9. The van der Waals surface area contributed by atoms with Crippen LogP contribution in [0.1, 0.15) is 16.7 Å². The van der Waals surface area contributed by atoms with E-state index in [1.165, 1.54) is 0 Å². The number of aryl methyl sites for hydroxylation is 2. The summed E-state index contributed by atoms with van der Waals surface area (Å²) in [4.78, 5) is 4.26. The lowest BCUT2D eigenvalue weighted by Gasteiger charge is -2.09. The third-order valence-electron chi connectivity index (χ3n) is 2.67. The minimum absolute atomic E-state index is 0.480. The van der Waals surface area contributed by atoms with E-state index in [1.807, 2.05) is 38.1 Å². The second-order valence-electron chi connectivity index (χ2n) is 4.18. The van der Waals surface area contributed by atoms with Gasteiger partial charge < -0.3 is 10.5 Å². The number of aromatic nitrogens is 1. The van der Waals surface area contributed by atoms with Crippen molar-refractivity contribution < 1.29 is 4.74 Å². The van der Waals surface area contributed by atoms with Gasteiger partial charge in [-0.25, -0.2) is 4.98 Å². The molecule has 0 saturated carbocycles. The van der Waals surface area contributed by atoms with E-state index in [0.717, 1.165) is 27.5 Å². The van der Waals surface area contributed by atoms with E-state index >= 15 is 0 Å². The van der Waals surface area contributed by atoms with E-state index in [4.69, 9.17) is 22.1 Å². The first-order chi connectivity index (χ1) is 8.60. The molecule has 1 aromatic heterocycles. The van der Waals surface area contributed by atoms with Crippen LogP contribution >= 0.6 is 11.6 Å². The predicted octanol–water partition coefficient (Wildman–Crippen LogP) is 3.60. The van der Waals surface area contributed by atoms with Crippen molar-refractivity contribution in [2.75, 3.05) is 0 Å². The zero-order valence-electron chi connectivity index (χ0n) is 10.4. The van der Waals surface area contributed by atoms with E-state index in [1.54, 1.807) is 6.20 Å². The number of hydrogen-bond acceptors (Lipinski definition) is 3. The van der Waals surface area contributed by atoms with Crippen LogP contribution in [-0.2, 0) is 6.54 Å². The first-order valence-electron chi connectivity index (χ1n) is 5.69. The van der Waals surface area contributed by atoms with Crippen LogP contribution in [0.3, 0.4) is 0 Å². The molecule has 2 N–H and O–H groups in total. The number of nitrogens with zero attached hydrogens (tertiary/aromatic N) is 1. The number of rotatable bonds is 3. The quantitative estimate of drug-likeness (QED) is 0.919. The molecule has 0 fully saturated rings. The molecule has 4 heteroatoms. The molecule has 3 nitrogen and oxygen atoms in total. The second kappa shape index (κ2) is 5.38. The predicted molar refractivity (Wildman–Crippen MR) is 73.1 cm³/mol. The number of halogens is 1. The summed E-state index contributed by atoms with van der Waals surface area (Å²) in [6.07, 6.45) is 1.73. The van der Waals surface area contributed by atoms with E-state index in [2.05, 4.69) is 4.98 Å². The van der Waals surface area contributed by atoms with Crippen LogP contribution in [0.25, 0.3) is 0 Å². The van der Waals surface area contributed by atoms with E-state index in [-0.39, 0.29) is 0 Å². The van der Waals surface area contributed by atoms with E-state index in [9.17, 15) is 0 Å². The topological polar surface area (TPSA) is 48.1 Å². The molecular weight excluding hydrogens is 248 g/mol. The lowest BCUT2D eigenvalue weighted by atomic mass is 10.2. The molecule has 2 rings (SSSR count). The molecular formula is C14H15ClN2O. The van der Waals surface area contributed by atoms with Gasteiger partial charge in [-0.2, -0.15) is 0 Å². The Kier molecular flexibility index (Phi) is 3.84. The highest BCUT2D eigenvalue weighted by molar-refractivity contribution is 6.31. The molecule has 0 aliphatic carbocycles. The summed E-state index contributed by atoms with van der Waals surface area (Å²) in [5.41, 5.74) is 8.50. The summed E-state index contributed by atoms with van der Waals surface area (Å²) in [6.45, 7) is 4.37. The monoisotopic (exact) mass is 262 g/mol. The van der Waals surface area contributed by atoms with Crippen LogP contribution in [0.15, 0.2) is 30.5 Å². The molecule has 18 heavy (non-hydrogen) atoms. The van der Waals surface area contributed by atoms with Gasteiger partial charge in [0.1, 0.15) is 5.75 Å². The Bertz CT molecular complexity index is 570. The fraction of sp³-hybridized carbons (Fsp3) is 0.214. The molecule has 0 aliphatic rings. The molecule has 0 unspecified atom stereocenters. The molecule has 0 radical (unpaired) electrons. The van der Waals surface area contributed by atoms with Gasteiger partial charge in [0.25, 0.3) is 0 Å². The van der Waals surface area contributed by atoms with Crippen LogP contribution in [-0.4, -0.2) is 4.98 Å². The molecule has 0 bridgehead atoms. The van der Waals surface area contributed by atoms with Crippen molar-refractivity contribution in [3.05, 3.63) is 52.2 Å². The molecule has 0 amide bonds. The van der Waals surface area contributed by atoms with Crippen molar-refractivity contribution >= 4 is 11.6 Å². The molecule has 0 saturated heterocycles. The van der Waals surface area contributed by atoms with Gasteiger partial charge in [0, 0.05) is 23.3 Å². The summed E-state index contributed by atoms with van der Waals surface area (Å²) in [5.74, 6) is 1.32. The second-order valence-corrected chi connectivity index (χ2v) is 4.59. The normalized spacial score (nSPS) is 10.4. The number of nitrogens with two attached hydrogens (primary N) is 1. The zero-order chi connectivity index (χ0) is 13.1. The largest absolute Gasteiger partial charge is 0.439 e. The first-order valence-corrected chi connectivity index (χ1v) is 6.07. The standard InChI is InChI=1S/C14H15ClN2O/c1-9-6-12(3-4-13(9)15)18-14-10(2)5-11(7-16)8-17-14/h3-6,8H,7,16H2,1-2H3. The summed E-state index contributed by atoms with van der Waals surface area (Å²) in [6, 6.07) is 7.51. The highest BCUT2D eigenvalue weighted by Crippen LogP contribution is 2.26. The highest BCUT2D eigenvalue weighted by Gasteiger charge is 2.05. The molecule has 0 spiro atoms. The smallest absolute Gasteiger partial charge is 0.222 e. The Morgan fingerprint density at radius 1 is 1.22 bits per heavy atom. The van der Waals surface area contributed by atoms with Crippen molar-refractivity contribution in [1.29, 1.82) is 0 Å². The van der Waals surface area contributed by atoms with Crippen molar-refractivity contribution in [3.8, 4) is 11.6 Å². The Morgan fingerprint density at radius 3 is 2.61 bits per heavy atom. The minimum atomic E-state index is 0.480. The maximum atomic E-state index is 5.97. The fourth-order valence-corrected chi connectivity index (χ4v) is 1.75. The van der Waals surface area contributed by atoms with Gasteiger partial charge in [-0.1, -0.05) is 11.6 Å². The van der Waals surface area contributed by atoms with Gasteiger partial charge >= 0.3 is 0 Å². The fourth-order valence-electron chi connectivity index (χ4n) is 1.63. The lowest BCUT2D eigenvalue weighted by molar-refractivity contribution is 0.458. The maximum Gasteiger partial charge on any atom is 0.222 e. The number of benzene rings is 1. The van der Waals surface area contributed by atoms with Gasteiger partial charge in [-0.05, 0) is 49.2 Å². The third-order valence-corrected chi connectivity index (χ3v) is 3.09. The molecule has 94 valence electrons. The SMILES string of the molecule is Cc1cc(Oc2ncc(CN)cc2C)ccc1Cl. The van der Waals surface area contributed by atoms with Crippen molar-refractivity contribution in [1.82, 2.24) is 4.98 Å². The van der Waals surface area contributed by atoms with E-state index < -0.39 is 0 Å². The third kappa shape index (κ3) is 2.81. The Labute approximate surface area is 112 Å². The average molecular weight is 263 g/mol. The number of ether oxygens (including phenoxy) is 1. The summed E-state index contributed by atoms with van der Waals surface area (Å²) >= 11 is 5.97. The van der Waals surface area contributed by atoms with Crippen LogP contribution in [0.2, 0.25) is 5.02 Å². The molecule has 1 aromatic carbocycles.